The second-order valence-electron chi connectivity index (χ2n) is 5.16. The lowest BCUT2D eigenvalue weighted by Crippen LogP contribution is -2.16. The van der Waals surface area contributed by atoms with Crippen LogP contribution in [0.5, 0.6) is 17.2 Å². The van der Waals surface area contributed by atoms with Gasteiger partial charge in [0.1, 0.15) is 0 Å². The molecule has 0 saturated carbocycles. The van der Waals surface area contributed by atoms with Gasteiger partial charge >= 0.3 is 0 Å². The summed E-state index contributed by atoms with van der Waals surface area (Å²) >= 11 is 0. The molecule has 0 saturated heterocycles. The van der Waals surface area contributed by atoms with E-state index in [0.29, 0.717) is 29.0 Å². The summed E-state index contributed by atoms with van der Waals surface area (Å²) in [7, 11) is 4.71. The van der Waals surface area contributed by atoms with Gasteiger partial charge in [-0.15, -0.1) is 5.10 Å². The third kappa shape index (κ3) is 4.15. The van der Waals surface area contributed by atoms with Crippen LogP contribution in [0.15, 0.2) is 18.3 Å². The number of aromatic nitrogens is 3. The van der Waals surface area contributed by atoms with E-state index in [1.807, 2.05) is 0 Å². The number of nitrogens with one attached hydrogen (secondary N) is 2. The van der Waals surface area contributed by atoms with E-state index in [1.165, 1.54) is 0 Å². The fraction of sp³-hybridized carbons (Fsp3) is 0.438. The Hall–Kier alpha value is -2.77. The number of benzene rings is 1. The molecule has 0 aliphatic rings. The summed E-state index contributed by atoms with van der Waals surface area (Å²) in [5, 5.41) is 14.3. The van der Waals surface area contributed by atoms with Crippen LogP contribution >= 0.6 is 0 Å². The van der Waals surface area contributed by atoms with Crippen molar-refractivity contribution in [2.24, 2.45) is 0 Å². The summed E-state index contributed by atoms with van der Waals surface area (Å²) < 4.78 is 16.0. The molecule has 0 radical (unpaired) electrons. The van der Waals surface area contributed by atoms with Crippen LogP contribution in [-0.4, -0.2) is 42.6 Å². The van der Waals surface area contributed by atoms with Crippen LogP contribution in [0.25, 0.3) is 0 Å². The van der Waals surface area contributed by atoms with Crippen molar-refractivity contribution in [1.29, 1.82) is 0 Å². The Morgan fingerprint density at radius 1 is 1.08 bits per heavy atom. The number of hydrogen-bond acceptors (Lipinski definition) is 8. The van der Waals surface area contributed by atoms with Crippen molar-refractivity contribution in [3.05, 3.63) is 18.3 Å². The van der Waals surface area contributed by atoms with E-state index in [9.17, 15) is 0 Å². The van der Waals surface area contributed by atoms with Gasteiger partial charge in [0.15, 0.2) is 17.3 Å². The van der Waals surface area contributed by atoms with Crippen molar-refractivity contribution < 1.29 is 14.2 Å². The van der Waals surface area contributed by atoms with E-state index in [1.54, 1.807) is 39.7 Å². The summed E-state index contributed by atoms with van der Waals surface area (Å²) in [5.41, 5.74) is 0.736. The molecule has 8 heteroatoms. The van der Waals surface area contributed by atoms with Crippen LogP contribution in [-0.2, 0) is 0 Å². The molecule has 130 valence electrons. The molecular weight excluding hydrogens is 310 g/mol. The molecule has 8 nitrogen and oxygen atoms in total. The predicted octanol–water partition coefficient (Wildman–Crippen LogP) is 2.85. The SMILES string of the molecule is CCC(C)Nc1nncc(Nc2cc(OC)c(OC)c(OC)c2)n1. The van der Waals surface area contributed by atoms with Crippen molar-refractivity contribution >= 4 is 17.5 Å². The molecule has 0 bridgehead atoms. The van der Waals surface area contributed by atoms with Gasteiger partial charge in [-0.2, -0.15) is 10.1 Å². The van der Waals surface area contributed by atoms with Crippen molar-refractivity contribution in [3.63, 3.8) is 0 Å². The Morgan fingerprint density at radius 2 is 1.75 bits per heavy atom. The van der Waals surface area contributed by atoms with Crippen LogP contribution in [0, 0.1) is 0 Å². The normalized spacial score (nSPS) is 11.5. The minimum atomic E-state index is 0.267. The molecule has 0 spiro atoms. The van der Waals surface area contributed by atoms with Crippen molar-refractivity contribution in [2.75, 3.05) is 32.0 Å². The first kappa shape index (κ1) is 17.6. The topological polar surface area (TPSA) is 90.4 Å². The summed E-state index contributed by atoms with van der Waals surface area (Å²) in [6.07, 6.45) is 2.51. The van der Waals surface area contributed by atoms with Crippen molar-refractivity contribution in [3.8, 4) is 17.2 Å². The lowest BCUT2D eigenvalue weighted by molar-refractivity contribution is 0.324. The standard InChI is InChI=1S/C16H23N5O3/c1-6-10(2)18-16-20-14(9-17-21-16)19-11-7-12(22-3)15(24-5)13(8-11)23-4/h7-10H,6H2,1-5H3,(H2,18,19,20,21). The third-order valence-electron chi connectivity index (χ3n) is 3.48. The molecule has 1 aromatic heterocycles. The van der Waals surface area contributed by atoms with Crippen LogP contribution < -0.4 is 24.8 Å². The van der Waals surface area contributed by atoms with Crippen LogP contribution in [0.4, 0.5) is 17.5 Å². The van der Waals surface area contributed by atoms with Crippen LogP contribution in [0.2, 0.25) is 0 Å². The summed E-state index contributed by atoms with van der Waals surface area (Å²) in [6.45, 7) is 4.14. The first-order valence-corrected chi connectivity index (χ1v) is 7.64. The zero-order chi connectivity index (χ0) is 17.5. The zero-order valence-electron chi connectivity index (χ0n) is 14.6. The maximum Gasteiger partial charge on any atom is 0.244 e. The number of rotatable bonds is 8. The van der Waals surface area contributed by atoms with E-state index >= 15 is 0 Å². The third-order valence-corrected chi connectivity index (χ3v) is 3.48. The van der Waals surface area contributed by atoms with Gasteiger partial charge in [-0.25, -0.2) is 0 Å². The Bertz CT molecular complexity index is 656. The number of hydrogen-bond donors (Lipinski definition) is 2. The monoisotopic (exact) mass is 333 g/mol. The zero-order valence-corrected chi connectivity index (χ0v) is 14.6. The smallest absolute Gasteiger partial charge is 0.244 e. The van der Waals surface area contributed by atoms with Crippen LogP contribution in [0.3, 0.4) is 0 Å². The molecule has 0 fully saturated rings. The second kappa shape index (κ2) is 8.19. The molecule has 1 unspecified atom stereocenters. The minimum absolute atomic E-state index is 0.267. The highest BCUT2D eigenvalue weighted by atomic mass is 16.5. The molecule has 1 heterocycles. The number of methoxy groups -OCH3 is 3. The fourth-order valence-electron chi connectivity index (χ4n) is 2.05. The minimum Gasteiger partial charge on any atom is -0.493 e. The molecule has 2 rings (SSSR count). The lowest BCUT2D eigenvalue weighted by atomic mass is 10.2. The quantitative estimate of drug-likeness (QED) is 0.762. The Morgan fingerprint density at radius 3 is 2.29 bits per heavy atom. The van der Waals surface area contributed by atoms with Gasteiger partial charge in [-0.05, 0) is 13.3 Å². The first-order chi connectivity index (χ1) is 11.6. The molecule has 24 heavy (non-hydrogen) atoms. The van der Waals surface area contributed by atoms with Crippen LogP contribution in [0.1, 0.15) is 20.3 Å². The Labute approximate surface area is 141 Å². The van der Waals surface area contributed by atoms with E-state index in [4.69, 9.17) is 14.2 Å². The number of nitrogens with zero attached hydrogens (tertiary/aromatic N) is 3. The van der Waals surface area contributed by atoms with Crippen molar-refractivity contribution in [1.82, 2.24) is 15.2 Å². The molecule has 1 aromatic carbocycles. The second-order valence-corrected chi connectivity index (χ2v) is 5.16. The van der Waals surface area contributed by atoms with Gasteiger partial charge < -0.3 is 24.8 Å². The van der Waals surface area contributed by atoms with E-state index in [0.717, 1.165) is 12.1 Å². The summed E-state index contributed by atoms with van der Waals surface area (Å²) in [4.78, 5) is 4.40. The molecule has 0 aliphatic heterocycles. The largest absolute Gasteiger partial charge is 0.493 e. The maximum atomic E-state index is 5.34. The molecule has 2 N–H and O–H groups in total. The fourth-order valence-corrected chi connectivity index (χ4v) is 2.05. The Balaban J connectivity index is 2.26. The predicted molar refractivity (Wildman–Crippen MR) is 92.6 cm³/mol. The maximum absolute atomic E-state index is 5.34. The molecule has 1 atom stereocenters. The van der Waals surface area contributed by atoms with Gasteiger partial charge in [0.25, 0.3) is 0 Å². The van der Waals surface area contributed by atoms with Gasteiger partial charge in [-0.3, -0.25) is 0 Å². The van der Waals surface area contributed by atoms with Gasteiger partial charge in [0, 0.05) is 23.9 Å². The van der Waals surface area contributed by atoms with Crippen molar-refractivity contribution in [2.45, 2.75) is 26.3 Å². The van der Waals surface area contributed by atoms with Gasteiger partial charge in [0.05, 0.1) is 27.5 Å². The molecular formula is C16H23N5O3. The summed E-state index contributed by atoms with van der Waals surface area (Å²) in [5.74, 6) is 2.68. The summed E-state index contributed by atoms with van der Waals surface area (Å²) in [6, 6.07) is 3.86. The van der Waals surface area contributed by atoms with E-state index in [-0.39, 0.29) is 6.04 Å². The highest BCUT2D eigenvalue weighted by Crippen LogP contribution is 2.40. The lowest BCUT2D eigenvalue weighted by Gasteiger charge is -2.15. The van der Waals surface area contributed by atoms with E-state index < -0.39 is 0 Å². The van der Waals surface area contributed by atoms with E-state index in [2.05, 4.69) is 39.7 Å². The molecule has 2 aromatic rings. The average molecular weight is 333 g/mol. The number of ether oxygens (including phenoxy) is 3. The van der Waals surface area contributed by atoms with Gasteiger partial charge in [0.2, 0.25) is 11.7 Å². The Kier molecular flexibility index (Phi) is 6.00. The molecule has 0 amide bonds. The average Bonchev–Trinajstić information content (AvgIpc) is 2.60. The first-order valence-electron chi connectivity index (χ1n) is 7.64. The van der Waals surface area contributed by atoms with Gasteiger partial charge in [-0.1, -0.05) is 6.92 Å². The highest BCUT2D eigenvalue weighted by Gasteiger charge is 2.14. The molecule has 0 aliphatic carbocycles. The number of anilines is 3. The highest BCUT2D eigenvalue weighted by molar-refractivity contribution is 5.66.